The van der Waals surface area contributed by atoms with Gasteiger partial charge in [0, 0.05) is 6.54 Å². The zero-order chi connectivity index (χ0) is 14.4. The van der Waals surface area contributed by atoms with Crippen molar-refractivity contribution in [3.63, 3.8) is 0 Å². The quantitative estimate of drug-likeness (QED) is 0.897. The molecular formula is C14H20N2O3. The van der Waals surface area contributed by atoms with Gasteiger partial charge in [0.1, 0.15) is 0 Å². The Balaban J connectivity index is 2.53. The molecule has 5 heteroatoms. The van der Waals surface area contributed by atoms with Gasteiger partial charge >= 0.3 is 6.09 Å². The van der Waals surface area contributed by atoms with E-state index in [9.17, 15) is 9.59 Å². The van der Waals surface area contributed by atoms with E-state index >= 15 is 0 Å². The summed E-state index contributed by atoms with van der Waals surface area (Å²) in [6.45, 7) is 4.89. The SMILES string of the molecule is COC(=O)NC(=O)CN(C)Cc1ccc(C)cc1C. The lowest BCUT2D eigenvalue weighted by atomic mass is 10.1. The Labute approximate surface area is 113 Å². The highest BCUT2D eigenvalue weighted by Gasteiger charge is 2.11. The van der Waals surface area contributed by atoms with Gasteiger partial charge in [0.05, 0.1) is 13.7 Å². The number of hydrogen-bond acceptors (Lipinski definition) is 4. The second kappa shape index (κ2) is 6.89. The number of benzene rings is 1. The highest BCUT2D eigenvalue weighted by Crippen LogP contribution is 2.12. The van der Waals surface area contributed by atoms with Crippen LogP contribution in [-0.2, 0) is 16.1 Å². The van der Waals surface area contributed by atoms with Crippen molar-refractivity contribution < 1.29 is 14.3 Å². The molecule has 0 unspecified atom stereocenters. The molecule has 0 saturated carbocycles. The number of amides is 2. The summed E-state index contributed by atoms with van der Waals surface area (Å²) < 4.78 is 4.36. The highest BCUT2D eigenvalue weighted by molar-refractivity contribution is 5.92. The van der Waals surface area contributed by atoms with E-state index in [1.807, 2.05) is 31.9 Å². The maximum atomic E-state index is 11.5. The van der Waals surface area contributed by atoms with Crippen LogP contribution in [-0.4, -0.2) is 37.6 Å². The molecule has 0 aromatic heterocycles. The zero-order valence-corrected chi connectivity index (χ0v) is 11.8. The average Bonchev–Trinajstić information content (AvgIpc) is 2.32. The van der Waals surface area contributed by atoms with Gasteiger partial charge in [-0.2, -0.15) is 0 Å². The summed E-state index contributed by atoms with van der Waals surface area (Å²) in [7, 11) is 3.05. The normalized spacial score (nSPS) is 10.4. The molecule has 5 nitrogen and oxygen atoms in total. The second-order valence-electron chi connectivity index (χ2n) is 4.64. The fourth-order valence-corrected chi connectivity index (χ4v) is 1.82. The Hall–Kier alpha value is -1.88. The maximum Gasteiger partial charge on any atom is 0.413 e. The molecule has 0 bridgehead atoms. The summed E-state index contributed by atoms with van der Waals surface area (Å²) >= 11 is 0. The molecule has 2 amide bonds. The van der Waals surface area contributed by atoms with Crippen LogP contribution in [0.15, 0.2) is 18.2 Å². The molecule has 0 aliphatic rings. The van der Waals surface area contributed by atoms with Crippen LogP contribution in [0.3, 0.4) is 0 Å². The summed E-state index contributed by atoms with van der Waals surface area (Å²) in [5.41, 5.74) is 3.58. The number of alkyl carbamates (subject to hydrolysis) is 1. The molecule has 19 heavy (non-hydrogen) atoms. The predicted octanol–water partition coefficient (Wildman–Crippen LogP) is 1.62. The Morgan fingerprint density at radius 3 is 2.58 bits per heavy atom. The van der Waals surface area contributed by atoms with Crippen molar-refractivity contribution >= 4 is 12.0 Å². The number of ether oxygens (including phenoxy) is 1. The average molecular weight is 264 g/mol. The maximum absolute atomic E-state index is 11.5. The first-order valence-corrected chi connectivity index (χ1v) is 6.05. The van der Waals surface area contributed by atoms with E-state index in [2.05, 4.69) is 22.2 Å². The van der Waals surface area contributed by atoms with Crippen molar-refractivity contribution in [1.29, 1.82) is 0 Å². The fraction of sp³-hybridized carbons (Fsp3) is 0.429. The van der Waals surface area contributed by atoms with Gasteiger partial charge in [0.15, 0.2) is 0 Å². The van der Waals surface area contributed by atoms with Crippen molar-refractivity contribution in [3.8, 4) is 0 Å². The van der Waals surface area contributed by atoms with E-state index in [1.54, 1.807) is 0 Å². The molecule has 1 N–H and O–H groups in total. The third-order valence-corrected chi connectivity index (χ3v) is 2.78. The van der Waals surface area contributed by atoms with E-state index in [-0.39, 0.29) is 12.5 Å². The molecule has 1 aromatic carbocycles. The van der Waals surface area contributed by atoms with E-state index in [4.69, 9.17) is 0 Å². The third-order valence-electron chi connectivity index (χ3n) is 2.78. The number of methoxy groups -OCH3 is 1. The Bertz CT molecular complexity index is 472. The van der Waals surface area contributed by atoms with Crippen molar-refractivity contribution in [2.75, 3.05) is 20.7 Å². The lowest BCUT2D eigenvalue weighted by molar-refractivity contribution is -0.121. The summed E-state index contributed by atoms with van der Waals surface area (Å²) in [6.07, 6.45) is -0.732. The van der Waals surface area contributed by atoms with Crippen LogP contribution in [0.2, 0.25) is 0 Å². The number of rotatable bonds is 4. The minimum atomic E-state index is -0.732. The Kier molecular flexibility index (Phi) is 5.51. The summed E-state index contributed by atoms with van der Waals surface area (Å²) in [5, 5.41) is 2.13. The van der Waals surface area contributed by atoms with Crippen LogP contribution in [0.5, 0.6) is 0 Å². The predicted molar refractivity (Wildman–Crippen MR) is 72.8 cm³/mol. The van der Waals surface area contributed by atoms with Gasteiger partial charge in [-0.3, -0.25) is 15.0 Å². The van der Waals surface area contributed by atoms with Gasteiger partial charge in [0.25, 0.3) is 0 Å². The second-order valence-corrected chi connectivity index (χ2v) is 4.64. The Morgan fingerprint density at radius 2 is 2.00 bits per heavy atom. The standard InChI is InChI=1S/C14H20N2O3/c1-10-5-6-12(11(2)7-10)8-16(3)9-13(17)15-14(18)19-4/h5-7H,8-9H2,1-4H3,(H,15,17,18). The summed E-state index contributed by atoms with van der Waals surface area (Å²) in [6, 6.07) is 6.21. The molecule has 0 aliphatic heterocycles. The van der Waals surface area contributed by atoms with Crippen LogP contribution in [0.4, 0.5) is 4.79 Å². The van der Waals surface area contributed by atoms with Crippen molar-refractivity contribution in [3.05, 3.63) is 34.9 Å². The van der Waals surface area contributed by atoms with Crippen LogP contribution in [0.1, 0.15) is 16.7 Å². The monoisotopic (exact) mass is 264 g/mol. The van der Waals surface area contributed by atoms with Crippen LogP contribution >= 0.6 is 0 Å². The summed E-state index contributed by atoms with van der Waals surface area (Å²) in [4.78, 5) is 24.2. The first-order valence-electron chi connectivity index (χ1n) is 6.05. The molecule has 0 radical (unpaired) electrons. The number of hydrogen-bond donors (Lipinski definition) is 1. The van der Waals surface area contributed by atoms with E-state index in [0.717, 1.165) is 0 Å². The van der Waals surface area contributed by atoms with E-state index in [1.165, 1.54) is 23.8 Å². The molecule has 104 valence electrons. The first kappa shape index (κ1) is 15.2. The lowest BCUT2D eigenvalue weighted by Crippen LogP contribution is -2.38. The zero-order valence-electron chi connectivity index (χ0n) is 11.8. The van der Waals surface area contributed by atoms with Gasteiger partial charge in [-0.25, -0.2) is 4.79 Å². The number of carbonyl (C=O) groups is 2. The minimum Gasteiger partial charge on any atom is -0.453 e. The molecule has 0 aliphatic carbocycles. The number of carbonyl (C=O) groups excluding carboxylic acids is 2. The highest BCUT2D eigenvalue weighted by atomic mass is 16.5. The number of likely N-dealkylation sites (N-methyl/N-ethyl adjacent to an activating group) is 1. The molecular weight excluding hydrogens is 244 g/mol. The molecule has 0 spiro atoms. The molecule has 0 heterocycles. The molecule has 0 atom stereocenters. The largest absolute Gasteiger partial charge is 0.453 e. The smallest absolute Gasteiger partial charge is 0.413 e. The summed E-state index contributed by atoms with van der Waals surface area (Å²) in [5.74, 6) is -0.376. The van der Waals surface area contributed by atoms with E-state index in [0.29, 0.717) is 6.54 Å². The molecule has 0 saturated heterocycles. The van der Waals surface area contributed by atoms with Crippen molar-refractivity contribution in [2.45, 2.75) is 20.4 Å². The molecule has 0 fully saturated rings. The minimum absolute atomic E-state index is 0.141. The van der Waals surface area contributed by atoms with Crippen molar-refractivity contribution in [2.24, 2.45) is 0 Å². The third kappa shape index (κ3) is 5.09. The number of nitrogens with zero attached hydrogens (tertiary/aromatic N) is 1. The van der Waals surface area contributed by atoms with E-state index < -0.39 is 6.09 Å². The van der Waals surface area contributed by atoms with Gasteiger partial charge in [-0.15, -0.1) is 0 Å². The van der Waals surface area contributed by atoms with Crippen LogP contribution in [0.25, 0.3) is 0 Å². The first-order chi connectivity index (χ1) is 8.92. The molecule has 1 aromatic rings. The topological polar surface area (TPSA) is 58.6 Å². The molecule has 1 rings (SSSR count). The van der Waals surface area contributed by atoms with Gasteiger partial charge < -0.3 is 4.74 Å². The van der Waals surface area contributed by atoms with Crippen LogP contribution in [0, 0.1) is 13.8 Å². The fourth-order valence-electron chi connectivity index (χ4n) is 1.82. The van der Waals surface area contributed by atoms with Gasteiger partial charge in [0.2, 0.25) is 5.91 Å². The Morgan fingerprint density at radius 1 is 1.32 bits per heavy atom. The van der Waals surface area contributed by atoms with Crippen molar-refractivity contribution in [1.82, 2.24) is 10.2 Å². The lowest BCUT2D eigenvalue weighted by Gasteiger charge is -2.17. The number of imide groups is 1. The number of nitrogens with one attached hydrogen (secondary N) is 1. The van der Waals surface area contributed by atoms with Crippen LogP contribution < -0.4 is 5.32 Å². The van der Waals surface area contributed by atoms with Gasteiger partial charge in [-0.05, 0) is 32.0 Å². The number of aryl methyl sites for hydroxylation is 2. The van der Waals surface area contributed by atoms with Gasteiger partial charge in [-0.1, -0.05) is 23.8 Å².